The van der Waals surface area contributed by atoms with Gasteiger partial charge in [0.15, 0.2) is 16.3 Å². The fraction of sp³-hybridized carbons (Fsp3) is 0.125. The number of non-ortho nitro benzene ring substituents is 1. The zero-order chi connectivity index (χ0) is 17.6. The van der Waals surface area contributed by atoms with Crippen molar-refractivity contribution in [1.29, 1.82) is 0 Å². The first-order valence-corrected chi connectivity index (χ1v) is 8.07. The molecule has 0 radical (unpaired) electrons. The molecule has 0 spiro atoms. The van der Waals surface area contributed by atoms with Gasteiger partial charge < -0.3 is 14.0 Å². The van der Waals surface area contributed by atoms with Gasteiger partial charge in [0.05, 0.1) is 15.1 Å². The Hall–Kier alpha value is -3.20. The van der Waals surface area contributed by atoms with Gasteiger partial charge in [-0.05, 0) is 6.07 Å². The van der Waals surface area contributed by atoms with Crippen LogP contribution < -0.4 is 14.3 Å². The highest BCUT2D eigenvalue weighted by atomic mass is 32.1. The zero-order valence-electron chi connectivity index (χ0n) is 13.0. The Labute approximate surface area is 144 Å². The molecule has 25 heavy (non-hydrogen) atoms. The van der Waals surface area contributed by atoms with Crippen LogP contribution in [0.15, 0.2) is 41.4 Å². The van der Waals surface area contributed by atoms with Crippen molar-refractivity contribution in [2.45, 2.75) is 0 Å². The number of benzene rings is 2. The topological polar surface area (TPSA) is 96.0 Å². The highest BCUT2D eigenvalue weighted by Gasteiger charge is 2.17. The maximum atomic E-state index is 12.4. The monoisotopic (exact) mass is 357 g/mol. The number of aromatic nitrogens is 1. The van der Waals surface area contributed by atoms with Gasteiger partial charge in [0.25, 0.3) is 11.6 Å². The summed E-state index contributed by atoms with van der Waals surface area (Å²) in [7, 11) is 1.79. The molecule has 1 amide bonds. The molecule has 3 aromatic rings. The van der Waals surface area contributed by atoms with E-state index < -0.39 is 10.8 Å². The van der Waals surface area contributed by atoms with E-state index in [1.165, 1.54) is 35.6 Å². The maximum absolute atomic E-state index is 12.4. The van der Waals surface area contributed by atoms with Crippen LogP contribution in [0.1, 0.15) is 10.4 Å². The average molecular weight is 357 g/mol. The number of amides is 1. The van der Waals surface area contributed by atoms with E-state index >= 15 is 0 Å². The lowest BCUT2D eigenvalue weighted by molar-refractivity contribution is -0.384. The second kappa shape index (κ2) is 5.71. The molecule has 4 rings (SSSR count). The van der Waals surface area contributed by atoms with Crippen LogP contribution in [-0.2, 0) is 7.05 Å². The second-order valence-corrected chi connectivity index (χ2v) is 6.35. The predicted molar refractivity (Wildman–Crippen MR) is 89.9 cm³/mol. The Balaban J connectivity index is 1.78. The predicted octanol–water partition coefficient (Wildman–Crippen LogP) is 2.62. The first-order chi connectivity index (χ1) is 12.0. The third kappa shape index (κ3) is 2.64. The molecule has 0 fully saturated rings. The minimum atomic E-state index is -0.544. The van der Waals surface area contributed by atoms with Gasteiger partial charge in [0.2, 0.25) is 6.79 Å². The van der Waals surface area contributed by atoms with Crippen molar-refractivity contribution in [1.82, 2.24) is 4.57 Å². The molecule has 126 valence electrons. The number of fused-ring (bicyclic) bond motifs is 2. The van der Waals surface area contributed by atoms with Gasteiger partial charge in [-0.25, -0.2) is 0 Å². The summed E-state index contributed by atoms with van der Waals surface area (Å²) < 4.78 is 13.4. The normalized spacial score (nSPS) is 13.4. The smallest absolute Gasteiger partial charge is 0.279 e. The number of hydrogen-bond acceptors (Lipinski definition) is 6. The average Bonchev–Trinajstić information content (AvgIpc) is 3.18. The van der Waals surface area contributed by atoms with Crippen LogP contribution in [-0.4, -0.2) is 22.2 Å². The van der Waals surface area contributed by atoms with E-state index in [0.717, 1.165) is 10.2 Å². The highest BCUT2D eigenvalue weighted by Crippen LogP contribution is 2.36. The first-order valence-electron chi connectivity index (χ1n) is 7.25. The van der Waals surface area contributed by atoms with E-state index in [-0.39, 0.29) is 18.0 Å². The molecular weight excluding hydrogens is 346 g/mol. The van der Waals surface area contributed by atoms with Crippen molar-refractivity contribution in [2.75, 3.05) is 6.79 Å². The highest BCUT2D eigenvalue weighted by molar-refractivity contribution is 7.16. The summed E-state index contributed by atoms with van der Waals surface area (Å²) in [6, 6.07) is 9.20. The Morgan fingerprint density at radius 1 is 1.28 bits per heavy atom. The summed E-state index contributed by atoms with van der Waals surface area (Å²) in [5.74, 6) is 0.772. The van der Waals surface area contributed by atoms with Crippen LogP contribution in [0.2, 0.25) is 0 Å². The summed E-state index contributed by atoms with van der Waals surface area (Å²) in [5.41, 5.74) is 0.883. The van der Waals surface area contributed by atoms with Crippen molar-refractivity contribution < 1.29 is 19.2 Å². The molecule has 0 unspecified atom stereocenters. The van der Waals surface area contributed by atoms with Gasteiger partial charge >= 0.3 is 0 Å². The van der Waals surface area contributed by atoms with E-state index in [4.69, 9.17) is 9.47 Å². The first kappa shape index (κ1) is 15.3. The molecule has 0 aliphatic carbocycles. The van der Waals surface area contributed by atoms with E-state index in [2.05, 4.69) is 4.99 Å². The molecule has 0 N–H and O–H groups in total. The molecule has 8 nitrogen and oxygen atoms in total. The van der Waals surface area contributed by atoms with Crippen molar-refractivity contribution in [3.8, 4) is 11.5 Å². The number of ether oxygens (including phenoxy) is 2. The number of rotatable bonds is 2. The van der Waals surface area contributed by atoms with Gasteiger partial charge in [0.1, 0.15) is 0 Å². The number of nitro groups is 1. The largest absolute Gasteiger partial charge is 0.454 e. The van der Waals surface area contributed by atoms with E-state index in [1.54, 1.807) is 11.6 Å². The Morgan fingerprint density at radius 2 is 2.04 bits per heavy atom. The van der Waals surface area contributed by atoms with Crippen molar-refractivity contribution in [3.05, 3.63) is 56.9 Å². The zero-order valence-corrected chi connectivity index (χ0v) is 13.8. The fourth-order valence-electron chi connectivity index (χ4n) is 2.53. The molecule has 0 saturated heterocycles. The van der Waals surface area contributed by atoms with Gasteiger partial charge in [-0.2, -0.15) is 4.99 Å². The summed E-state index contributed by atoms with van der Waals surface area (Å²) in [4.78, 5) is 27.3. The van der Waals surface area contributed by atoms with Crippen LogP contribution in [0.4, 0.5) is 5.69 Å². The molecule has 2 heterocycles. The van der Waals surface area contributed by atoms with Gasteiger partial charge in [-0.15, -0.1) is 0 Å². The summed E-state index contributed by atoms with van der Waals surface area (Å²) in [6.45, 7) is 0.193. The van der Waals surface area contributed by atoms with E-state index in [1.807, 2.05) is 12.1 Å². The molecule has 1 aliphatic heterocycles. The molecule has 0 bridgehead atoms. The van der Waals surface area contributed by atoms with Crippen LogP contribution >= 0.6 is 11.3 Å². The molecular formula is C16H11N3O5S. The van der Waals surface area contributed by atoms with Crippen molar-refractivity contribution >= 4 is 33.1 Å². The summed E-state index contributed by atoms with van der Waals surface area (Å²) >= 11 is 1.33. The quantitative estimate of drug-likeness (QED) is 0.519. The van der Waals surface area contributed by atoms with E-state index in [0.29, 0.717) is 16.3 Å². The molecule has 0 atom stereocenters. The third-order valence-corrected chi connectivity index (χ3v) is 4.90. The standard InChI is InChI=1S/C16H11N3O5S/c1-18-11-6-12-13(24-8-23-12)7-14(11)25-16(18)17-15(20)9-3-2-4-10(5-9)19(21)22/h2-7H,8H2,1H3. The number of hydrogen-bond donors (Lipinski definition) is 0. The Morgan fingerprint density at radius 3 is 2.80 bits per heavy atom. The SMILES string of the molecule is Cn1c(=NC(=O)c2cccc([N+](=O)[O-])c2)sc2cc3c(cc21)OCO3. The van der Waals surface area contributed by atoms with E-state index in [9.17, 15) is 14.9 Å². The summed E-state index contributed by atoms with van der Waals surface area (Å²) in [5, 5.41) is 10.8. The number of nitro benzene ring substituents is 1. The van der Waals surface area contributed by atoms with Crippen LogP contribution in [0.3, 0.4) is 0 Å². The molecule has 1 aliphatic rings. The minimum Gasteiger partial charge on any atom is -0.454 e. The van der Waals surface area contributed by atoms with Crippen molar-refractivity contribution in [2.24, 2.45) is 12.0 Å². The number of nitrogens with zero attached hydrogens (tertiary/aromatic N) is 3. The number of carbonyl (C=O) groups is 1. The molecule has 0 saturated carbocycles. The van der Waals surface area contributed by atoms with Gasteiger partial charge in [-0.1, -0.05) is 17.4 Å². The van der Waals surface area contributed by atoms with Crippen molar-refractivity contribution in [3.63, 3.8) is 0 Å². The number of carbonyl (C=O) groups excluding carboxylic acids is 1. The number of thiazole rings is 1. The third-order valence-electron chi connectivity index (χ3n) is 3.80. The molecule has 2 aromatic carbocycles. The second-order valence-electron chi connectivity index (χ2n) is 5.34. The fourth-order valence-corrected chi connectivity index (χ4v) is 3.55. The Kier molecular flexibility index (Phi) is 3.50. The number of aryl methyl sites for hydroxylation is 1. The van der Waals surface area contributed by atoms with Crippen LogP contribution in [0.25, 0.3) is 10.2 Å². The molecule has 1 aromatic heterocycles. The van der Waals surface area contributed by atoms with Crippen LogP contribution in [0, 0.1) is 10.1 Å². The lowest BCUT2D eigenvalue weighted by atomic mass is 10.2. The molecule has 9 heteroatoms. The lowest BCUT2D eigenvalue weighted by Crippen LogP contribution is -2.13. The Bertz CT molecular complexity index is 1100. The minimum absolute atomic E-state index is 0.146. The lowest BCUT2D eigenvalue weighted by Gasteiger charge is -1.98. The van der Waals surface area contributed by atoms with Gasteiger partial charge in [-0.3, -0.25) is 14.9 Å². The van der Waals surface area contributed by atoms with Crippen LogP contribution in [0.5, 0.6) is 11.5 Å². The van der Waals surface area contributed by atoms with Gasteiger partial charge in [0, 0.05) is 36.9 Å². The summed E-state index contributed by atoms with van der Waals surface area (Å²) in [6.07, 6.45) is 0. The maximum Gasteiger partial charge on any atom is 0.279 e.